The van der Waals surface area contributed by atoms with Crippen molar-refractivity contribution in [1.82, 2.24) is 9.88 Å². The van der Waals surface area contributed by atoms with Crippen molar-refractivity contribution in [3.63, 3.8) is 0 Å². The topological polar surface area (TPSA) is 75.1 Å². The minimum absolute atomic E-state index is 0.275. The number of amides is 1. The molecule has 0 radical (unpaired) electrons. The zero-order valence-corrected chi connectivity index (χ0v) is 19.6. The van der Waals surface area contributed by atoms with E-state index in [0.717, 1.165) is 48.9 Å². The number of hydrogen-bond donors (Lipinski definition) is 1. The summed E-state index contributed by atoms with van der Waals surface area (Å²) in [6.07, 6.45) is 2.77. The van der Waals surface area contributed by atoms with Crippen molar-refractivity contribution in [2.24, 2.45) is 0 Å². The first kappa shape index (κ1) is 22.3. The van der Waals surface area contributed by atoms with Gasteiger partial charge in [0.15, 0.2) is 17.6 Å². The van der Waals surface area contributed by atoms with Gasteiger partial charge in [0, 0.05) is 36.4 Å². The van der Waals surface area contributed by atoms with Crippen LogP contribution in [0.1, 0.15) is 30.5 Å². The molecule has 5 rings (SSSR count). The molecule has 7 nitrogen and oxygen atoms in total. The lowest BCUT2D eigenvalue weighted by Gasteiger charge is -2.32. The average Bonchev–Trinajstić information content (AvgIpc) is 2.85. The number of benzene rings is 2. The van der Waals surface area contributed by atoms with Gasteiger partial charge in [-0.1, -0.05) is 18.2 Å². The standard InChI is InChI=1S/C27H31N3O4/c1-19-10-11-22-23(28-19)12-13-25-26(22)34-21(18-33-25)17-30(27(31)32)15-5-4-14-29-16-6-8-20-7-2-3-9-24(20)29/h2-3,7,9-13,21H,4-6,8,14-18H2,1H3,(H,31,32)/t21-/m0/s1. The third-order valence-electron chi connectivity index (χ3n) is 6.64. The molecule has 0 saturated carbocycles. The number of fused-ring (bicyclic) bond motifs is 4. The largest absolute Gasteiger partial charge is 0.486 e. The number of pyridine rings is 1. The summed E-state index contributed by atoms with van der Waals surface area (Å²) in [6, 6.07) is 16.3. The minimum atomic E-state index is -0.923. The van der Waals surface area contributed by atoms with Gasteiger partial charge in [-0.05, 0) is 68.5 Å². The Labute approximate surface area is 199 Å². The fraction of sp³-hybridized carbons (Fsp3) is 0.407. The number of carbonyl (C=O) groups is 1. The van der Waals surface area contributed by atoms with E-state index in [1.807, 2.05) is 31.2 Å². The van der Waals surface area contributed by atoms with E-state index in [0.29, 0.717) is 24.7 Å². The maximum absolute atomic E-state index is 11.9. The zero-order chi connectivity index (χ0) is 23.5. The number of aromatic nitrogens is 1. The molecule has 178 valence electrons. The van der Waals surface area contributed by atoms with E-state index in [1.54, 1.807) is 0 Å². The van der Waals surface area contributed by atoms with Crippen molar-refractivity contribution in [3.05, 3.63) is 59.8 Å². The summed E-state index contributed by atoms with van der Waals surface area (Å²) >= 11 is 0. The number of hydrogen-bond acceptors (Lipinski definition) is 5. The van der Waals surface area contributed by atoms with Crippen molar-refractivity contribution >= 4 is 22.7 Å². The third-order valence-corrected chi connectivity index (χ3v) is 6.64. The van der Waals surface area contributed by atoms with Gasteiger partial charge in [0.05, 0.1) is 12.1 Å². The summed E-state index contributed by atoms with van der Waals surface area (Å²) in [4.78, 5) is 20.4. The first-order valence-corrected chi connectivity index (χ1v) is 12.1. The van der Waals surface area contributed by atoms with E-state index < -0.39 is 6.09 Å². The van der Waals surface area contributed by atoms with Gasteiger partial charge in [-0.2, -0.15) is 0 Å². The Morgan fingerprint density at radius 3 is 2.94 bits per heavy atom. The summed E-state index contributed by atoms with van der Waals surface area (Å²) in [5, 5.41) is 10.7. The van der Waals surface area contributed by atoms with Gasteiger partial charge in [0.1, 0.15) is 6.61 Å². The number of ether oxygens (including phenoxy) is 2. The Bertz CT molecular complexity index is 1180. The SMILES string of the molecule is Cc1ccc2c3c(ccc2n1)OC[C@H](CN(CCCCN1CCCc2ccccc21)C(=O)O)O3. The Kier molecular flexibility index (Phi) is 6.43. The Balaban J connectivity index is 1.17. The number of unbranched alkanes of at least 4 members (excludes halogenated alkanes) is 1. The molecule has 1 atom stereocenters. The number of para-hydroxylation sites is 1. The lowest BCUT2D eigenvalue weighted by Crippen LogP contribution is -2.43. The normalized spacial score (nSPS) is 16.9. The van der Waals surface area contributed by atoms with Crippen molar-refractivity contribution < 1.29 is 19.4 Å². The molecule has 3 heterocycles. The molecular formula is C27H31N3O4. The maximum Gasteiger partial charge on any atom is 0.407 e. The van der Waals surface area contributed by atoms with Crippen LogP contribution in [0.25, 0.3) is 10.9 Å². The summed E-state index contributed by atoms with van der Waals surface area (Å²) < 4.78 is 12.1. The van der Waals surface area contributed by atoms with Crippen molar-refractivity contribution in [3.8, 4) is 11.5 Å². The first-order chi connectivity index (χ1) is 16.6. The highest BCUT2D eigenvalue weighted by Crippen LogP contribution is 2.38. The molecule has 0 fully saturated rings. The second-order valence-corrected chi connectivity index (χ2v) is 9.12. The summed E-state index contributed by atoms with van der Waals surface area (Å²) in [6.45, 7) is 5.04. The predicted molar refractivity (Wildman–Crippen MR) is 132 cm³/mol. The molecular weight excluding hydrogens is 430 g/mol. The molecule has 0 bridgehead atoms. The minimum Gasteiger partial charge on any atom is -0.486 e. The van der Waals surface area contributed by atoms with Crippen LogP contribution in [0, 0.1) is 6.92 Å². The highest BCUT2D eigenvalue weighted by atomic mass is 16.6. The second kappa shape index (κ2) is 9.79. The van der Waals surface area contributed by atoms with Gasteiger partial charge in [-0.15, -0.1) is 0 Å². The van der Waals surface area contributed by atoms with Gasteiger partial charge in [0.2, 0.25) is 0 Å². The van der Waals surface area contributed by atoms with Gasteiger partial charge in [-0.3, -0.25) is 4.98 Å². The molecule has 0 aliphatic carbocycles. The van der Waals surface area contributed by atoms with Crippen molar-refractivity contribution in [2.45, 2.75) is 38.7 Å². The number of carboxylic acid groups (broad SMARTS) is 1. The van der Waals surface area contributed by atoms with Crippen LogP contribution in [0.4, 0.5) is 10.5 Å². The van der Waals surface area contributed by atoms with Crippen LogP contribution in [-0.4, -0.2) is 60.0 Å². The van der Waals surface area contributed by atoms with Crippen LogP contribution in [-0.2, 0) is 6.42 Å². The van der Waals surface area contributed by atoms with Crippen molar-refractivity contribution in [2.75, 3.05) is 37.7 Å². The highest BCUT2D eigenvalue weighted by molar-refractivity contribution is 5.88. The fourth-order valence-electron chi connectivity index (χ4n) is 4.93. The number of anilines is 1. The summed E-state index contributed by atoms with van der Waals surface area (Å²) in [7, 11) is 0. The van der Waals surface area contributed by atoms with Gasteiger partial charge in [0.25, 0.3) is 0 Å². The van der Waals surface area contributed by atoms with Crippen LogP contribution < -0.4 is 14.4 Å². The van der Waals surface area contributed by atoms with Gasteiger partial charge < -0.3 is 24.4 Å². The molecule has 0 unspecified atom stereocenters. The molecule has 2 aromatic carbocycles. The highest BCUT2D eigenvalue weighted by Gasteiger charge is 2.27. The molecule has 7 heteroatoms. The third kappa shape index (κ3) is 4.74. The van der Waals surface area contributed by atoms with E-state index in [4.69, 9.17) is 9.47 Å². The van der Waals surface area contributed by atoms with Crippen LogP contribution in [0.3, 0.4) is 0 Å². The molecule has 2 aliphatic rings. The predicted octanol–water partition coefficient (Wildman–Crippen LogP) is 4.90. The molecule has 2 aliphatic heterocycles. The lowest BCUT2D eigenvalue weighted by atomic mass is 10.0. The molecule has 1 aromatic heterocycles. The molecule has 3 aromatic rings. The smallest absolute Gasteiger partial charge is 0.407 e. The molecule has 0 spiro atoms. The number of aryl methyl sites for hydroxylation is 2. The van der Waals surface area contributed by atoms with E-state index in [1.165, 1.54) is 22.6 Å². The summed E-state index contributed by atoms with van der Waals surface area (Å²) in [5.74, 6) is 1.33. The van der Waals surface area contributed by atoms with E-state index in [-0.39, 0.29) is 12.6 Å². The lowest BCUT2D eigenvalue weighted by molar-refractivity contribution is 0.0583. The van der Waals surface area contributed by atoms with Gasteiger partial charge in [-0.25, -0.2) is 4.79 Å². The Hall–Kier alpha value is -3.48. The average molecular weight is 462 g/mol. The quantitative estimate of drug-likeness (QED) is 0.505. The maximum atomic E-state index is 11.9. The van der Waals surface area contributed by atoms with Crippen LogP contribution in [0.2, 0.25) is 0 Å². The zero-order valence-electron chi connectivity index (χ0n) is 19.6. The van der Waals surface area contributed by atoms with Gasteiger partial charge >= 0.3 is 6.09 Å². The Morgan fingerprint density at radius 1 is 1.18 bits per heavy atom. The number of nitrogens with zero attached hydrogens (tertiary/aromatic N) is 3. The van der Waals surface area contributed by atoms with E-state index >= 15 is 0 Å². The van der Waals surface area contributed by atoms with Crippen LogP contribution in [0.5, 0.6) is 11.5 Å². The Morgan fingerprint density at radius 2 is 2.06 bits per heavy atom. The van der Waals surface area contributed by atoms with Crippen molar-refractivity contribution in [1.29, 1.82) is 0 Å². The van der Waals surface area contributed by atoms with E-state index in [2.05, 4.69) is 34.1 Å². The van der Waals surface area contributed by atoms with Crippen LogP contribution in [0.15, 0.2) is 48.5 Å². The number of rotatable bonds is 7. The molecule has 1 N–H and O–H groups in total. The second-order valence-electron chi connectivity index (χ2n) is 9.12. The monoisotopic (exact) mass is 461 g/mol. The molecule has 1 amide bonds. The molecule has 34 heavy (non-hydrogen) atoms. The fourth-order valence-corrected chi connectivity index (χ4v) is 4.93. The van der Waals surface area contributed by atoms with Crippen LogP contribution >= 0.6 is 0 Å². The summed E-state index contributed by atoms with van der Waals surface area (Å²) in [5.41, 5.74) is 4.52. The first-order valence-electron chi connectivity index (χ1n) is 12.1. The van der Waals surface area contributed by atoms with E-state index in [9.17, 15) is 9.90 Å². The molecule has 0 saturated heterocycles.